The molecule has 1 aromatic carbocycles. The highest BCUT2D eigenvalue weighted by Gasteiger charge is 2.19. The molecule has 1 heterocycles. The molecule has 3 nitrogen and oxygen atoms in total. The van der Waals surface area contributed by atoms with Gasteiger partial charge < -0.3 is 10.4 Å². The molecule has 0 aliphatic heterocycles. The molecule has 0 saturated carbocycles. The zero-order valence-corrected chi connectivity index (χ0v) is 12.5. The minimum absolute atomic E-state index is 0.0328. The van der Waals surface area contributed by atoms with Crippen molar-refractivity contribution in [2.45, 2.75) is 19.4 Å². The number of carbonyl (C=O) groups excluding carboxylic acids is 1. The van der Waals surface area contributed by atoms with Crippen molar-refractivity contribution in [3.8, 4) is 0 Å². The number of amides is 1. The summed E-state index contributed by atoms with van der Waals surface area (Å²) in [5.41, 5.74) is -0.0328. The van der Waals surface area contributed by atoms with Gasteiger partial charge in [-0.25, -0.2) is 13.2 Å². The fourth-order valence-electron chi connectivity index (χ4n) is 1.99. The lowest BCUT2D eigenvalue weighted by atomic mass is 10.1. The summed E-state index contributed by atoms with van der Waals surface area (Å²) in [6, 6.07) is 4.20. The van der Waals surface area contributed by atoms with Crippen molar-refractivity contribution in [2.75, 3.05) is 6.61 Å². The van der Waals surface area contributed by atoms with E-state index in [1.165, 1.54) is 11.3 Å². The third-order valence-corrected chi connectivity index (χ3v) is 4.06. The van der Waals surface area contributed by atoms with Crippen LogP contribution in [-0.4, -0.2) is 17.6 Å². The highest BCUT2D eigenvalue weighted by atomic mass is 32.1. The van der Waals surface area contributed by atoms with E-state index in [1.807, 2.05) is 19.1 Å². The van der Waals surface area contributed by atoms with Gasteiger partial charge in [-0.1, -0.05) is 0 Å². The van der Waals surface area contributed by atoms with Gasteiger partial charge >= 0.3 is 0 Å². The summed E-state index contributed by atoms with van der Waals surface area (Å²) in [5, 5.41) is 11.8. The molecule has 0 radical (unpaired) electrons. The molecule has 0 bridgehead atoms. The molecule has 0 fully saturated rings. The summed E-state index contributed by atoms with van der Waals surface area (Å²) < 4.78 is 39.4. The van der Waals surface area contributed by atoms with Gasteiger partial charge in [0, 0.05) is 9.75 Å². The molecule has 0 saturated heterocycles. The number of nitrogens with one attached hydrogen (secondary N) is 1. The number of hydrogen-bond donors (Lipinski definition) is 2. The molecular formula is C15H14F3NO2S. The number of aliphatic hydroxyl groups excluding tert-OH is 1. The maximum absolute atomic E-state index is 13.2. The SMILES string of the molecule is Cc1ccc(CC(=O)NC(CO)c2cc(F)c(F)c(F)c2)s1. The number of carbonyl (C=O) groups is 1. The molecular weight excluding hydrogens is 315 g/mol. The first-order chi connectivity index (χ1) is 10.4. The highest BCUT2D eigenvalue weighted by molar-refractivity contribution is 7.12. The molecule has 0 spiro atoms. The fraction of sp³-hybridized carbons (Fsp3) is 0.267. The third kappa shape index (κ3) is 3.86. The number of aryl methyl sites for hydroxylation is 1. The molecule has 2 rings (SSSR count). The maximum Gasteiger partial charge on any atom is 0.225 e. The molecule has 7 heteroatoms. The van der Waals surface area contributed by atoms with Gasteiger partial charge in [0.15, 0.2) is 17.5 Å². The van der Waals surface area contributed by atoms with Crippen molar-refractivity contribution in [1.29, 1.82) is 0 Å². The van der Waals surface area contributed by atoms with Gasteiger partial charge in [-0.15, -0.1) is 11.3 Å². The monoisotopic (exact) mass is 329 g/mol. The Morgan fingerprint density at radius 2 is 1.91 bits per heavy atom. The van der Waals surface area contributed by atoms with Crippen molar-refractivity contribution < 1.29 is 23.1 Å². The van der Waals surface area contributed by atoms with Crippen LogP contribution in [0.1, 0.15) is 21.4 Å². The summed E-state index contributed by atoms with van der Waals surface area (Å²) in [6.07, 6.45) is 0.0984. The van der Waals surface area contributed by atoms with Crippen LogP contribution in [0.3, 0.4) is 0 Å². The number of rotatable bonds is 5. The molecule has 1 atom stereocenters. The quantitative estimate of drug-likeness (QED) is 0.829. The van der Waals surface area contributed by atoms with E-state index in [0.29, 0.717) is 0 Å². The van der Waals surface area contributed by atoms with Crippen molar-refractivity contribution in [3.05, 3.63) is 57.0 Å². The lowest BCUT2D eigenvalue weighted by Crippen LogP contribution is -2.32. The summed E-state index contributed by atoms with van der Waals surface area (Å²) >= 11 is 1.46. The molecule has 2 aromatic rings. The molecule has 118 valence electrons. The minimum atomic E-state index is -1.58. The molecule has 1 unspecified atom stereocenters. The van der Waals surface area contributed by atoms with E-state index in [2.05, 4.69) is 5.32 Å². The van der Waals surface area contributed by atoms with Gasteiger partial charge in [-0.05, 0) is 36.8 Å². The van der Waals surface area contributed by atoms with Gasteiger partial charge in [0.25, 0.3) is 0 Å². The summed E-state index contributed by atoms with van der Waals surface area (Å²) in [6.45, 7) is 1.35. The number of halogens is 3. The largest absolute Gasteiger partial charge is 0.394 e. The van der Waals surface area contributed by atoms with Crippen molar-refractivity contribution in [2.24, 2.45) is 0 Å². The Labute approximate surface area is 129 Å². The second-order valence-electron chi connectivity index (χ2n) is 4.79. The van der Waals surface area contributed by atoms with Crippen LogP contribution in [0.25, 0.3) is 0 Å². The Morgan fingerprint density at radius 3 is 2.41 bits per heavy atom. The average molecular weight is 329 g/mol. The molecule has 2 N–H and O–H groups in total. The summed E-state index contributed by atoms with van der Waals surface area (Å²) in [7, 11) is 0. The van der Waals surface area contributed by atoms with Crippen LogP contribution in [0.2, 0.25) is 0 Å². The number of aliphatic hydroxyl groups is 1. The van der Waals surface area contributed by atoms with Gasteiger partial charge in [0.05, 0.1) is 19.1 Å². The van der Waals surface area contributed by atoms with Gasteiger partial charge in [0.1, 0.15) is 0 Å². The second-order valence-corrected chi connectivity index (χ2v) is 6.16. The number of thiophene rings is 1. The van der Waals surface area contributed by atoms with Crippen molar-refractivity contribution in [1.82, 2.24) is 5.32 Å². The first-order valence-electron chi connectivity index (χ1n) is 6.50. The maximum atomic E-state index is 13.2. The van der Waals surface area contributed by atoms with Crippen LogP contribution in [0.5, 0.6) is 0 Å². The van der Waals surface area contributed by atoms with Gasteiger partial charge in [-0.2, -0.15) is 0 Å². The Hall–Kier alpha value is -1.86. The Kier molecular flexibility index (Phi) is 5.20. The topological polar surface area (TPSA) is 49.3 Å². The normalized spacial score (nSPS) is 12.2. The molecule has 1 aromatic heterocycles. The van der Waals surface area contributed by atoms with E-state index in [1.54, 1.807) is 0 Å². The Balaban J connectivity index is 2.10. The first kappa shape index (κ1) is 16.5. The summed E-state index contributed by atoms with van der Waals surface area (Å²) in [4.78, 5) is 13.8. The van der Waals surface area contributed by atoms with Crippen molar-refractivity contribution >= 4 is 17.2 Å². The molecule has 0 aliphatic carbocycles. The first-order valence-corrected chi connectivity index (χ1v) is 7.32. The Bertz CT molecular complexity index is 664. The van der Waals surface area contributed by atoms with Gasteiger partial charge in [0.2, 0.25) is 5.91 Å². The van der Waals surface area contributed by atoms with E-state index in [9.17, 15) is 23.1 Å². The van der Waals surface area contributed by atoms with Crippen LogP contribution >= 0.6 is 11.3 Å². The van der Waals surface area contributed by atoms with Crippen LogP contribution in [0, 0.1) is 24.4 Å². The molecule has 0 aliphatic rings. The van der Waals surface area contributed by atoms with Crippen LogP contribution < -0.4 is 5.32 Å². The molecule has 1 amide bonds. The second kappa shape index (κ2) is 6.93. The van der Waals surface area contributed by atoms with E-state index < -0.39 is 36.0 Å². The van der Waals surface area contributed by atoms with Crippen molar-refractivity contribution in [3.63, 3.8) is 0 Å². The van der Waals surface area contributed by atoms with Gasteiger partial charge in [-0.3, -0.25) is 4.79 Å². The zero-order chi connectivity index (χ0) is 16.3. The van der Waals surface area contributed by atoms with Crippen LogP contribution in [0.15, 0.2) is 24.3 Å². The lowest BCUT2D eigenvalue weighted by Gasteiger charge is -2.17. The van der Waals surface area contributed by atoms with E-state index in [0.717, 1.165) is 21.9 Å². The summed E-state index contributed by atoms with van der Waals surface area (Å²) in [5.74, 6) is -4.71. The molecule has 22 heavy (non-hydrogen) atoms. The highest BCUT2D eigenvalue weighted by Crippen LogP contribution is 2.20. The number of hydrogen-bond acceptors (Lipinski definition) is 3. The average Bonchev–Trinajstić information content (AvgIpc) is 2.86. The van der Waals surface area contributed by atoms with Crippen LogP contribution in [0.4, 0.5) is 13.2 Å². The minimum Gasteiger partial charge on any atom is -0.394 e. The van der Waals surface area contributed by atoms with E-state index >= 15 is 0 Å². The standard InChI is InChI=1S/C15H14F3NO2S/c1-8-2-3-10(22-8)6-14(21)19-13(7-20)9-4-11(16)15(18)12(17)5-9/h2-5,13,20H,6-7H2,1H3,(H,19,21). The van der Waals surface area contributed by atoms with Crippen LogP contribution in [-0.2, 0) is 11.2 Å². The predicted octanol–water partition coefficient (Wildman–Crippen LogP) is 2.87. The lowest BCUT2D eigenvalue weighted by molar-refractivity contribution is -0.121. The Morgan fingerprint density at radius 1 is 1.27 bits per heavy atom. The predicted molar refractivity (Wildman–Crippen MR) is 77.0 cm³/mol. The van der Waals surface area contributed by atoms with E-state index in [-0.39, 0.29) is 12.0 Å². The third-order valence-electron chi connectivity index (χ3n) is 3.06. The number of benzene rings is 1. The fourth-order valence-corrected chi connectivity index (χ4v) is 2.88. The zero-order valence-electron chi connectivity index (χ0n) is 11.7. The smallest absolute Gasteiger partial charge is 0.225 e. The van der Waals surface area contributed by atoms with E-state index in [4.69, 9.17) is 0 Å².